The number of nitrogens with zero attached hydrogens (tertiary/aromatic N) is 4. The largest absolute Gasteiger partial charge is 0.481 e. The zero-order valence-electron chi connectivity index (χ0n) is 15.4. The number of aromatic nitrogens is 3. The van der Waals surface area contributed by atoms with Crippen LogP contribution in [0.25, 0.3) is 22.0 Å². The van der Waals surface area contributed by atoms with E-state index < -0.39 is 0 Å². The summed E-state index contributed by atoms with van der Waals surface area (Å²) in [5.74, 6) is 1.46. The first-order valence-electron chi connectivity index (χ1n) is 9.12. The molecule has 27 heavy (non-hydrogen) atoms. The Labute approximate surface area is 158 Å². The molecular formula is C20H23N5O2. The topological polar surface area (TPSA) is 72.4 Å². The highest BCUT2D eigenvalue weighted by atomic mass is 16.5. The van der Waals surface area contributed by atoms with Crippen LogP contribution in [-0.2, 0) is 4.74 Å². The molecule has 7 heteroatoms. The minimum atomic E-state index is 0.605. The summed E-state index contributed by atoms with van der Waals surface area (Å²) in [6.45, 7) is 5.41. The lowest BCUT2D eigenvalue weighted by atomic mass is 10.1. The first kappa shape index (κ1) is 17.6. The first-order chi connectivity index (χ1) is 13.3. The van der Waals surface area contributed by atoms with E-state index >= 15 is 0 Å². The predicted octanol–water partition coefficient (Wildman–Crippen LogP) is 2.44. The quantitative estimate of drug-likeness (QED) is 0.719. The van der Waals surface area contributed by atoms with Crippen LogP contribution < -0.4 is 10.1 Å². The molecule has 0 bridgehead atoms. The van der Waals surface area contributed by atoms with Crippen LogP contribution >= 0.6 is 0 Å². The molecule has 0 aliphatic carbocycles. The van der Waals surface area contributed by atoms with Gasteiger partial charge >= 0.3 is 0 Å². The third-order valence-corrected chi connectivity index (χ3v) is 4.74. The fraction of sp³-hybridized carbons (Fsp3) is 0.350. The number of hydrogen-bond donors (Lipinski definition) is 1. The molecule has 7 nitrogen and oxygen atoms in total. The average Bonchev–Trinajstić information content (AvgIpc) is 2.74. The fourth-order valence-electron chi connectivity index (χ4n) is 3.21. The van der Waals surface area contributed by atoms with Gasteiger partial charge in [0.15, 0.2) is 0 Å². The molecule has 0 atom stereocenters. The molecule has 1 aromatic carbocycles. The molecule has 0 unspecified atom stereocenters. The molecule has 3 heterocycles. The number of pyridine rings is 1. The van der Waals surface area contributed by atoms with Crippen molar-refractivity contribution in [2.75, 3.05) is 51.8 Å². The number of benzene rings is 1. The lowest BCUT2D eigenvalue weighted by molar-refractivity contribution is 0.0398. The molecular weight excluding hydrogens is 342 g/mol. The molecule has 140 valence electrons. The number of fused-ring (bicyclic) bond motifs is 1. The lowest BCUT2D eigenvalue weighted by Gasteiger charge is -2.26. The second-order valence-corrected chi connectivity index (χ2v) is 6.42. The van der Waals surface area contributed by atoms with E-state index in [1.165, 1.54) is 0 Å². The van der Waals surface area contributed by atoms with Crippen LogP contribution in [0.3, 0.4) is 0 Å². The summed E-state index contributed by atoms with van der Waals surface area (Å²) in [6, 6.07) is 10.0. The van der Waals surface area contributed by atoms with Crippen molar-refractivity contribution in [3.63, 3.8) is 0 Å². The van der Waals surface area contributed by atoms with E-state index in [0.29, 0.717) is 5.88 Å². The van der Waals surface area contributed by atoms with Gasteiger partial charge in [0.2, 0.25) is 5.88 Å². The Hall–Kier alpha value is -2.77. The van der Waals surface area contributed by atoms with Crippen LogP contribution in [0.15, 0.2) is 42.9 Å². The Morgan fingerprint density at radius 3 is 2.70 bits per heavy atom. The minimum Gasteiger partial charge on any atom is -0.481 e. The molecule has 1 saturated heterocycles. The second kappa shape index (κ2) is 8.28. The van der Waals surface area contributed by atoms with Crippen LogP contribution in [-0.4, -0.2) is 66.4 Å². The van der Waals surface area contributed by atoms with Gasteiger partial charge < -0.3 is 14.8 Å². The van der Waals surface area contributed by atoms with Gasteiger partial charge in [-0.25, -0.2) is 15.0 Å². The molecule has 0 spiro atoms. The molecule has 1 aliphatic heterocycles. The van der Waals surface area contributed by atoms with Crippen LogP contribution in [0.2, 0.25) is 0 Å². The van der Waals surface area contributed by atoms with Gasteiger partial charge in [-0.1, -0.05) is 6.07 Å². The smallest absolute Gasteiger partial charge is 0.212 e. The summed E-state index contributed by atoms with van der Waals surface area (Å²) in [7, 11) is 1.62. The Bertz CT molecular complexity index is 895. The fourth-order valence-corrected chi connectivity index (χ4v) is 3.21. The Morgan fingerprint density at radius 2 is 1.93 bits per heavy atom. The van der Waals surface area contributed by atoms with Crippen molar-refractivity contribution in [2.24, 2.45) is 0 Å². The molecule has 2 aromatic heterocycles. The Kier molecular flexibility index (Phi) is 5.41. The molecule has 0 amide bonds. The van der Waals surface area contributed by atoms with Crippen LogP contribution in [0, 0.1) is 0 Å². The van der Waals surface area contributed by atoms with Crippen LogP contribution in [0.1, 0.15) is 0 Å². The second-order valence-electron chi connectivity index (χ2n) is 6.42. The van der Waals surface area contributed by atoms with Gasteiger partial charge in [0.05, 0.1) is 25.8 Å². The van der Waals surface area contributed by atoms with E-state index in [4.69, 9.17) is 9.47 Å². The van der Waals surface area contributed by atoms with E-state index in [0.717, 1.165) is 67.2 Å². The summed E-state index contributed by atoms with van der Waals surface area (Å²) >= 11 is 0. The zero-order valence-corrected chi connectivity index (χ0v) is 15.4. The number of methoxy groups -OCH3 is 1. The maximum atomic E-state index is 5.40. The maximum Gasteiger partial charge on any atom is 0.212 e. The number of ether oxygens (including phenoxy) is 2. The summed E-state index contributed by atoms with van der Waals surface area (Å²) in [4.78, 5) is 15.5. The van der Waals surface area contributed by atoms with E-state index in [2.05, 4.69) is 37.3 Å². The van der Waals surface area contributed by atoms with Gasteiger partial charge in [-0.05, 0) is 23.8 Å². The zero-order chi connectivity index (χ0) is 18.5. The van der Waals surface area contributed by atoms with E-state index in [9.17, 15) is 0 Å². The monoisotopic (exact) mass is 365 g/mol. The van der Waals surface area contributed by atoms with E-state index in [1.54, 1.807) is 13.4 Å². The SMILES string of the molecule is COc1ccc(-c2ccc3ncnc(NCCN4CCOCC4)c3c2)cn1. The highest BCUT2D eigenvalue weighted by Crippen LogP contribution is 2.27. The standard InChI is InChI=1S/C20H23N5O2/c1-26-19-5-3-16(13-22-19)15-2-4-18-17(12-15)20(24-14-23-18)21-6-7-25-8-10-27-11-9-25/h2-5,12-14H,6-11H2,1H3,(H,21,23,24). The van der Waals surface area contributed by atoms with Gasteiger partial charge in [0.1, 0.15) is 12.1 Å². The third-order valence-electron chi connectivity index (χ3n) is 4.74. The predicted molar refractivity (Wildman–Crippen MR) is 105 cm³/mol. The van der Waals surface area contributed by atoms with Gasteiger partial charge in [-0.3, -0.25) is 4.90 Å². The maximum absolute atomic E-state index is 5.40. The average molecular weight is 365 g/mol. The van der Waals surface area contributed by atoms with Crippen molar-refractivity contribution in [1.82, 2.24) is 19.9 Å². The van der Waals surface area contributed by atoms with Gasteiger partial charge in [-0.2, -0.15) is 0 Å². The van der Waals surface area contributed by atoms with Gasteiger partial charge in [0, 0.05) is 49.4 Å². The van der Waals surface area contributed by atoms with Gasteiger partial charge in [-0.15, -0.1) is 0 Å². The molecule has 1 N–H and O–H groups in total. The van der Waals surface area contributed by atoms with Crippen molar-refractivity contribution in [3.05, 3.63) is 42.9 Å². The van der Waals surface area contributed by atoms with Crippen LogP contribution in [0.5, 0.6) is 5.88 Å². The lowest BCUT2D eigenvalue weighted by Crippen LogP contribution is -2.39. The molecule has 0 saturated carbocycles. The molecule has 1 aliphatic rings. The van der Waals surface area contributed by atoms with E-state index in [1.807, 2.05) is 24.4 Å². The van der Waals surface area contributed by atoms with Crippen molar-refractivity contribution in [3.8, 4) is 17.0 Å². The first-order valence-corrected chi connectivity index (χ1v) is 9.12. The summed E-state index contributed by atoms with van der Waals surface area (Å²) in [5, 5.41) is 4.47. The highest BCUT2D eigenvalue weighted by Gasteiger charge is 2.11. The Morgan fingerprint density at radius 1 is 1.07 bits per heavy atom. The third kappa shape index (κ3) is 4.15. The summed E-state index contributed by atoms with van der Waals surface area (Å²) < 4.78 is 10.5. The highest BCUT2D eigenvalue weighted by molar-refractivity contribution is 5.92. The molecule has 1 fully saturated rings. The normalized spacial score (nSPS) is 15.0. The van der Waals surface area contributed by atoms with E-state index in [-0.39, 0.29) is 0 Å². The number of nitrogens with one attached hydrogen (secondary N) is 1. The van der Waals surface area contributed by atoms with Crippen molar-refractivity contribution < 1.29 is 9.47 Å². The molecule has 3 aromatic rings. The van der Waals surface area contributed by atoms with Crippen molar-refractivity contribution in [1.29, 1.82) is 0 Å². The molecule has 0 radical (unpaired) electrons. The van der Waals surface area contributed by atoms with Crippen LogP contribution in [0.4, 0.5) is 5.82 Å². The van der Waals surface area contributed by atoms with Gasteiger partial charge in [0.25, 0.3) is 0 Å². The number of rotatable bonds is 6. The summed E-state index contributed by atoms with van der Waals surface area (Å²) in [5.41, 5.74) is 3.02. The summed E-state index contributed by atoms with van der Waals surface area (Å²) in [6.07, 6.45) is 3.42. The number of hydrogen-bond acceptors (Lipinski definition) is 7. The molecule has 4 rings (SSSR count). The minimum absolute atomic E-state index is 0.605. The number of anilines is 1. The van der Waals surface area contributed by atoms with Crippen molar-refractivity contribution >= 4 is 16.7 Å². The number of morpholine rings is 1. The van der Waals surface area contributed by atoms with Crippen molar-refractivity contribution in [2.45, 2.75) is 0 Å². The Balaban J connectivity index is 1.53.